The monoisotopic (exact) mass is 264 g/mol. The lowest BCUT2D eigenvalue weighted by atomic mass is 9.71. The zero-order valence-electron chi connectivity index (χ0n) is 11.5. The Morgan fingerprint density at radius 3 is 1.89 bits per heavy atom. The van der Waals surface area contributed by atoms with Crippen LogP contribution in [0.3, 0.4) is 0 Å². The van der Waals surface area contributed by atoms with Gasteiger partial charge in [0.2, 0.25) is 0 Å². The normalized spacial score (nSPS) is 26.3. The largest absolute Gasteiger partial charge is 0.401 e. The average molecular weight is 264 g/mol. The third-order valence-electron chi connectivity index (χ3n) is 4.29. The number of nitrogens with zero attached hydrogens (tertiary/aromatic N) is 2. The molecule has 0 aliphatic carbocycles. The van der Waals surface area contributed by atoms with Gasteiger partial charge in [0.25, 0.3) is 0 Å². The second kappa shape index (κ2) is 4.37. The highest BCUT2D eigenvalue weighted by Crippen LogP contribution is 2.42. The molecule has 0 aromatic heterocycles. The van der Waals surface area contributed by atoms with Crippen LogP contribution in [0.1, 0.15) is 33.6 Å². The summed E-state index contributed by atoms with van der Waals surface area (Å²) in [6, 6.07) is 0. The lowest BCUT2D eigenvalue weighted by molar-refractivity contribution is -0.175. The van der Waals surface area contributed by atoms with Crippen LogP contribution in [0.15, 0.2) is 0 Å². The maximum Gasteiger partial charge on any atom is 0.401 e. The molecule has 106 valence electrons. The molecule has 2 nitrogen and oxygen atoms in total. The fourth-order valence-electron chi connectivity index (χ4n) is 3.24. The second-order valence-corrected chi connectivity index (χ2v) is 6.92. The number of hydrogen-bond donors (Lipinski definition) is 0. The maximum atomic E-state index is 12.3. The average Bonchev–Trinajstić information content (AvgIpc) is 2.12. The first kappa shape index (κ1) is 14.1. The van der Waals surface area contributed by atoms with Gasteiger partial charge in [-0.05, 0) is 52.1 Å². The molecule has 18 heavy (non-hydrogen) atoms. The topological polar surface area (TPSA) is 6.48 Å². The van der Waals surface area contributed by atoms with Gasteiger partial charge < -0.3 is 0 Å². The summed E-state index contributed by atoms with van der Waals surface area (Å²) in [6.07, 6.45) is -1.97. The minimum atomic E-state index is -4.05. The molecule has 2 saturated heterocycles. The lowest BCUT2D eigenvalue weighted by Gasteiger charge is -2.55. The minimum Gasteiger partial charge on any atom is -0.298 e. The Morgan fingerprint density at radius 2 is 1.50 bits per heavy atom. The highest BCUT2D eigenvalue weighted by molar-refractivity contribution is 5.00. The number of hydrogen-bond acceptors (Lipinski definition) is 2. The molecule has 0 radical (unpaired) electrons. The first-order valence-electron chi connectivity index (χ1n) is 6.64. The molecule has 1 spiro atoms. The summed E-state index contributed by atoms with van der Waals surface area (Å²) in [5.41, 5.74) is 0.351. The van der Waals surface area contributed by atoms with E-state index >= 15 is 0 Å². The van der Waals surface area contributed by atoms with Crippen molar-refractivity contribution in [3.63, 3.8) is 0 Å². The molecule has 0 unspecified atom stereocenters. The molecule has 2 heterocycles. The quantitative estimate of drug-likeness (QED) is 0.718. The summed E-state index contributed by atoms with van der Waals surface area (Å²) in [6.45, 7) is 9.14. The summed E-state index contributed by atoms with van der Waals surface area (Å²) in [4.78, 5) is 3.97. The number of likely N-dealkylation sites (tertiary alicyclic amines) is 2. The molecule has 0 bridgehead atoms. The van der Waals surface area contributed by atoms with Crippen LogP contribution < -0.4 is 0 Å². The van der Waals surface area contributed by atoms with Gasteiger partial charge in [-0.25, -0.2) is 0 Å². The van der Waals surface area contributed by atoms with Gasteiger partial charge in [-0.15, -0.1) is 0 Å². The van der Waals surface area contributed by atoms with E-state index < -0.39 is 12.7 Å². The molecule has 2 aliphatic rings. The highest BCUT2D eigenvalue weighted by atomic mass is 19.4. The van der Waals surface area contributed by atoms with E-state index in [1.807, 2.05) is 0 Å². The Bertz CT molecular complexity index is 283. The number of alkyl halides is 3. The summed E-state index contributed by atoms with van der Waals surface area (Å²) in [5.74, 6) is 0. The van der Waals surface area contributed by atoms with Crippen molar-refractivity contribution in [3.05, 3.63) is 0 Å². The summed E-state index contributed by atoms with van der Waals surface area (Å²) >= 11 is 0. The Labute approximate surface area is 107 Å². The van der Waals surface area contributed by atoms with E-state index in [1.165, 1.54) is 4.90 Å². The molecule has 0 aromatic rings. The Morgan fingerprint density at radius 1 is 1.00 bits per heavy atom. The molecule has 2 aliphatic heterocycles. The zero-order valence-corrected chi connectivity index (χ0v) is 11.5. The van der Waals surface area contributed by atoms with Crippen molar-refractivity contribution in [2.75, 3.05) is 32.7 Å². The molecular formula is C13H23F3N2. The van der Waals surface area contributed by atoms with Gasteiger partial charge in [0, 0.05) is 18.6 Å². The zero-order chi connectivity index (χ0) is 13.6. The predicted molar refractivity (Wildman–Crippen MR) is 65.5 cm³/mol. The van der Waals surface area contributed by atoms with Crippen LogP contribution in [-0.4, -0.2) is 54.2 Å². The molecule has 0 aromatic carbocycles. The molecule has 0 atom stereocenters. The molecule has 5 heteroatoms. The third-order valence-corrected chi connectivity index (χ3v) is 4.29. The molecule has 0 saturated carbocycles. The Hall–Kier alpha value is -0.290. The van der Waals surface area contributed by atoms with Crippen molar-refractivity contribution < 1.29 is 13.2 Å². The molecule has 0 amide bonds. The van der Waals surface area contributed by atoms with E-state index in [2.05, 4.69) is 25.7 Å². The van der Waals surface area contributed by atoms with Crippen LogP contribution in [0.25, 0.3) is 0 Å². The molecule has 2 rings (SSSR count). The first-order chi connectivity index (χ1) is 8.10. The van der Waals surface area contributed by atoms with Crippen LogP contribution in [0.5, 0.6) is 0 Å². The van der Waals surface area contributed by atoms with Crippen molar-refractivity contribution in [2.24, 2.45) is 5.41 Å². The van der Waals surface area contributed by atoms with Gasteiger partial charge in [0.1, 0.15) is 0 Å². The fraction of sp³-hybridized carbons (Fsp3) is 1.00. The van der Waals surface area contributed by atoms with E-state index in [9.17, 15) is 13.2 Å². The van der Waals surface area contributed by atoms with E-state index in [1.54, 1.807) is 0 Å². The van der Waals surface area contributed by atoms with E-state index in [0.29, 0.717) is 13.1 Å². The second-order valence-electron chi connectivity index (χ2n) is 6.92. The van der Waals surface area contributed by atoms with Crippen LogP contribution >= 0.6 is 0 Å². The van der Waals surface area contributed by atoms with Gasteiger partial charge >= 0.3 is 6.18 Å². The smallest absolute Gasteiger partial charge is 0.298 e. The SMILES string of the molecule is CC(C)(C)N1CCC2(CC1)CN(CC(F)(F)F)C2. The third kappa shape index (κ3) is 3.18. The van der Waals surface area contributed by atoms with Gasteiger partial charge in [-0.1, -0.05) is 0 Å². The molecule has 2 fully saturated rings. The van der Waals surface area contributed by atoms with Gasteiger partial charge in [0.15, 0.2) is 0 Å². The summed E-state index contributed by atoms with van der Waals surface area (Å²) < 4.78 is 36.8. The Kier molecular flexibility index (Phi) is 3.43. The maximum absolute atomic E-state index is 12.3. The minimum absolute atomic E-state index is 0.174. The van der Waals surface area contributed by atoms with Crippen molar-refractivity contribution in [3.8, 4) is 0 Å². The standard InChI is InChI=1S/C13H23F3N2/c1-11(2,3)18-6-4-12(5-7-18)8-17(9-12)10-13(14,15)16/h4-10H2,1-3H3. The van der Waals surface area contributed by atoms with E-state index in [-0.39, 0.29) is 11.0 Å². The van der Waals surface area contributed by atoms with Crippen molar-refractivity contribution in [1.82, 2.24) is 9.80 Å². The summed E-state index contributed by atoms with van der Waals surface area (Å²) in [5, 5.41) is 0. The van der Waals surface area contributed by atoms with Crippen LogP contribution in [0, 0.1) is 5.41 Å². The van der Waals surface area contributed by atoms with Crippen LogP contribution in [-0.2, 0) is 0 Å². The van der Waals surface area contributed by atoms with Gasteiger partial charge in [0.05, 0.1) is 6.54 Å². The van der Waals surface area contributed by atoms with Crippen LogP contribution in [0.2, 0.25) is 0 Å². The lowest BCUT2D eigenvalue weighted by Crippen LogP contribution is -2.63. The molecule has 0 N–H and O–H groups in total. The van der Waals surface area contributed by atoms with E-state index in [4.69, 9.17) is 0 Å². The fourth-order valence-corrected chi connectivity index (χ4v) is 3.24. The number of halogens is 3. The highest BCUT2D eigenvalue weighted by Gasteiger charge is 2.48. The van der Waals surface area contributed by atoms with Gasteiger partial charge in [-0.2, -0.15) is 13.2 Å². The summed E-state index contributed by atoms with van der Waals surface area (Å²) in [7, 11) is 0. The predicted octanol–water partition coefficient (Wildman–Crippen LogP) is 2.75. The number of rotatable bonds is 1. The van der Waals surface area contributed by atoms with E-state index in [0.717, 1.165) is 25.9 Å². The van der Waals surface area contributed by atoms with Crippen LogP contribution in [0.4, 0.5) is 13.2 Å². The van der Waals surface area contributed by atoms with Crippen molar-refractivity contribution in [1.29, 1.82) is 0 Å². The Balaban J connectivity index is 1.79. The number of piperidine rings is 1. The first-order valence-corrected chi connectivity index (χ1v) is 6.64. The van der Waals surface area contributed by atoms with Gasteiger partial charge in [-0.3, -0.25) is 9.80 Å². The van der Waals surface area contributed by atoms with Crippen molar-refractivity contribution >= 4 is 0 Å². The molecular weight excluding hydrogens is 241 g/mol. The van der Waals surface area contributed by atoms with Crippen molar-refractivity contribution in [2.45, 2.75) is 45.3 Å².